The van der Waals surface area contributed by atoms with Gasteiger partial charge in [-0.2, -0.15) is 5.26 Å². The molecule has 0 unspecified atom stereocenters. The summed E-state index contributed by atoms with van der Waals surface area (Å²) in [5, 5.41) is 20.0. The first-order valence-electron chi connectivity index (χ1n) is 22.5. The van der Waals surface area contributed by atoms with Gasteiger partial charge >= 0.3 is 0 Å². The second-order valence-corrected chi connectivity index (χ2v) is 17.9. The Hall–Kier alpha value is -6.36. The first-order valence-corrected chi connectivity index (χ1v) is 22.5. The molecule has 0 spiro atoms. The molecule has 10 N–H and O–H groups in total. The highest BCUT2D eigenvalue weighted by molar-refractivity contribution is 6.00. The number of nitriles is 1. The number of nitrogens with one attached hydrogen (secondary N) is 4. The van der Waals surface area contributed by atoms with Gasteiger partial charge in [-0.05, 0) is 93.3 Å². The van der Waals surface area contributed by atoms with Crippen molar-refractivity contribution in [2.75, 3.05) is 64.4 Å². The zero-order valence-corrected chi connectivity index (χ0v) is 39.2. The summed E-state index contributed by atoms with van der Waals surface area (Å²) in [6, 6.07) is 7.12. The van der Waals surface area contributed by atoms with Gasteiger partial charge in [-0.15, -0.1) is 0 Å². The fourth-order valence-electron chi connectivity index (χ4n) is 8.47. The topological polar surface area (TPSA) is 286 Å². The van der Waals surface area contributed by atoms with E-state index in [9.17, 15) is 29.2 Å². The highest BCUT2D eigenvalue weighted by atomic mass is 16.5. The number of hydrogen-bond donors (Lipinski definition) is 7. The van der Waals surface area contributed by atoms with Crippen molar-refractivity contribution >= 4 is 35.5 Å². The molecular weight excluding hydrogens is 845 g/mol. The average Bonchev–Trinajstić information content (AvgIpc) is 3.28. The Bertz CT molecular complexity index is 2260. The molecule has 1 aromatic heterocycles. The lowest BCUT2D eigenvalue weighted by atomic mass is 9.75. The highest BCUT2D eigenvalue weighted by Crippen LogP contribution is 2.40. The van der Waals surface area contributed by atoms with Gasteiger partial charge < -0.3 is 57.7 Å². The number of hydrogen-bond acceptors (Lipinski definition) is 14. The molecule has 5 amide bonds. The molecule has 3 aromatic rings. The maximum atomic E-state index is 14.7. The molecule has 66 heavy (non-hydrogen) atoms. The Kier molecular flexibility index (Phi) is 17.4. The van der Waals surface area contributed by atoms with Gasteiger partial charge in [0, 0.05) is 50.8 Å². The van der Waals surface area contributed by atoms with E-state index >= 15 is 0 Å². The molecule has 356 valence electrons. The number of carbonyl (C=O) groups is 5. The van der Waals surface area contributed by atoms with Gasteiger partial charge in [0.05, 0.1) is 23.0 Å². The minimum atomic E-state index is -1.39. The third kappa shape index (κ3) is 12.3. The lowest BCUT2D eigenvalue weighted by Gasteiger charge is -2.39. The van der Waals surface area contributed by atoms with Crippen LogP contribution in [0.15, 0.2) is 36.4 Å². The molecule has 4 bridgehead atoms. The van der Waals surface area contributed by atoms with Crippen LogP contribution in [0.25, 0.3) is 11.1 Å². The molecule has 0 aliphatic carbocycles. The fourth-order valence-corrected chi connectivity index (χ4v) is 8.47. The Morgan fingerprint density at radius 2 is 1.53 bits per heavy atom. The number of nitrogens with zero attached hydrogens (tertiary/aromatic N) is 5. The van der Waals surface area contributed by atoms with Crippen molar-refractivity contribution in [2.24, 2.45) is 28.5 Å². The van der Waals surface area contributed by atoms with E-state index in [0.717, 1.165) is 25.9 Å². The minimum Gasteiger partial charge on any atom is -0.492 e. The number of ether oxygens (including phenoxy) is 2. The van der Waals surface area contributed by atoms with Crippen LogP contribution in [-0.4, -0.2) is 122 Å². The van der Waals surface area contributed by atoms with Gasteiger partial charge in [-0.3, -0.25) is 24.0 Å². The summed E-state index contributed by atoms with van der Waals surface area (Å²) in [4.78, 5) is 83.4. The van der Waals surface area contributed by atoms with Crippen LogP contribution in [0.4, 0.5) is 5.95 Å². The maximum absolute atomic E-state index is 14.7. The van der Waals surface area contributed by atoms with Crippen LogP contribution in [-0.2, 0) is 25.6 Å². The SMILES string of the molecule is Cc1nc(N2CCC(C(C)(C)C)CC2)nc(C)c1C(=O)N[C@@H](CCN)C(=O)N(C)[C@@H]1C(=O)N[C@@H](C)C(=O)N[C@H](C(=O)NCC#N)Cc2ccc(OCCN)c(c2)-c2cc1ccc2OCCN. The minimum absolute atomic E-state index is 0.00639. The first kappa shape index (κ1) is 50.6. The molecule has 2 aromatic carbocycles. The molecule has 4 atom stereocenters. The van der Waals surface area contributed by atoms with Gasteiger partial charge in [0.2, 0.25) is 29.6 Å². The number of piperidine rings is 1. The summed E-state index contributed by atoms with van der Waals surface area (Å²) in [5.41, 5.74) is 21.0. The quantitative estimate of drug-likeness (QED) is 0.107. The Morgan fingerprint density at radius 1 is 0.924 bits per heavy atom. The van der Waals surface area contributed by atoms with Crippen molar-refractivity contribution in [3.05, 3.63) is 64.5 Å². The van der Waals surface area contributed by atoms with Crippen molar-refractivity contribution in [3.63, 3.8) is 0 Å². The van der Waals surface area contributed by atoms with Crippen molar-refractivity contribution in [2.45, 2.75) is 91.4 Å². The number of rotatable bonds is 15. The zero-order valence-electron chi connectivity index (χ0n) is 39.2. The Labute approximate surface area is 386 Å². The van der Waals surface area contributed by atoms with Crippen LogP contribution in [0.1, 0.15) is 85.9 Å². The molecule has 5 rings (SSSR count). The normalized spacial score (nSPS) is 18.4. The maximum Gasteiger partial charge on any atom is 0.255 e. The second-order valence-electron chi connectivity index (χ2n) is 17.9. The number of carbonyl (C=O) groups excluding carboxylic acids is 5. The van der Waals surface area contributed by atoms with Gasteiger partial charge in [-0.25, -0.2) is 9.97 Å². The first-order chi connectivity index (χ1) is 31.4. The summed E-state index contributed by atoms with van der Waals surface area (Å²) >= 11 is 0. The number of likely N-dealkylation sites (N-methyl/N-ethyl adjacent to an activating group) is 1. The van der Waals surface area contributed by atoms with Gasteiger partial charge in [0.15, 0.2) is 0 Å². The predicted molar refractivity (Wildman–Crippen MR) is 249 cm³/mol. The number of fused-ring (bicyclic) bond motifs is 5. The number of aryl methyl sites for hydroxylation is 2. The second kappa shape index (κ2) is 22.7. The molecule has 19 heteroatoms. The number of nitrogens with two attached hydrogens (primary N) is 3. The predicted octanol–water partition coefficient (Wildman–Crippen LogP) is 1.53. The largest absolute Gasteiger partial charge is 0.492 e. The summed E-state index contributed by atoms with van der Waals surface area (Å²) in [7, 11) is 1.43. The summed E-state index contributed by atoms with van der Waals surface area (Å²) < 4.78 is 12.2. The Balaban J connectivity index is 1.54. The van der Waals surface area contributed by atoms with Gasteiger partial charge in [-0.1, -0.05) is 32.9 Å². The van der Waals surface area contributed by atoms with E-state index < -0.39 is 53.7 Å². The van der Waals surface area contributed by atoms with E-state index in [2.05, 4.69) is 46.9 Å². The van der Waals surface area contributed by atoms with Crippen LogP contribution in [0.5, 0.6) is 11.5 Å². The molecule has 0 radical (unpaired) electrons. The van der Waals surface area contributed by atoms with E-state index in [4.69, 9.17) is 36.6 Å². The fraction of sp³-hybridized carbons (Fsp3) is 0.532. The van der Waals surface area contributed by atoms with Crippen LogP contribution in [0.3, 0.4) is 0 Å². The third-order valence-corrected chi connectivity index (χ3v) is 12.1. The average molecular weight is 911 g/mol. The van der Waals surface area contributed by atoms with Crippen molar-refractivity contribution < 1.29 is 33.4 Å². The van der Waals surface area contributed by atoms with Gasteiger partial charge in [0.25, 0.3) is 5.91 Å². The van der Waals surface area contributed by atoms with E-state index in [1.165, 1.54) is 18.9 Å². The molecule has 1 fully saturated rings. The van der Waals surface area contributed by atoms with Crippen LogP contribution >= 0.6 is 0 Å². The van der Waals surface area contributed by atoms with Gasteiger partial charge in [0.1, 0.15) is 55.4 Å². The van der Waals surface area contributed by atoms with E-state index in [1.807, 2.05) is 6.07 Å². The smallest absolute Gasteiger partial charge is 0.255 e. The molecular formula is C47H66N12O7. The highest BCUT2D eigenvalue weighted by Gasteiger charge is 2.37. The lowest BCUT2D eigenvalue weighted by molar-refractivity contribution is -0.141. The zero-order chi connectivity index (χ0) is 48.3. The van der Waals surface area contributed by atoms with Crippen LogP contribution in [0.2, 0.25) is 0 Å². The molecule has 0 saturated carbocycles. The van der Waals surface area contributed by atoms with Crippen molar-refractivity contribution in [3.8, 4) is 28.7 Å². The summed E-state index contributed by atoms with van der Waals surface area (Å²) in [5.74, 6) is -1.37. The van der Waals surface area contributed by atoms with E-state index in [0.29, 0.717) is 57.0 Å². The number of anilines is 1. The number of aromatic nitrogens is 2. The van der Waals surface area contributed by atoms with Crippen molar-refractivity contribution in [1.29, 1.82) is 5.26 Å². The Morgan fingerprint density at radius 3 is 2.11 bits per heavy atom. The summed E-state index contributed by atoms with van der Waals surface area (Å²) in [6.07, 6.45) is 2.03. The lowest BCUT2D eigenvalue weighted by Crippen LogP contribution is -2.56. The standard InChI is InChI=1S/C47H66N12O7/c1-27-39(28(2)55-46(54-27)59-20-13-32(14-21-59)47(4,5)6)43(62)56-35(12-15-48)45(64)58(7)40-31-9-11-38(66-23-18-51)34(26-31)33-24-30(8-10-37(33)65-22-17-50)25-36(42(61)52-19-16-49)57-41(60)29(3)53-44(40)63/h8-11,24,26,29,32,35-36,40H,12-15,17-23,25,48,50-51H2,1-7H3,(H,52,61)(H,53,63)(H,56,62)(H,57,60)/t29-,35-,36-,40-/m0/s1. The molecule has 2 aliphatic heterocycles. The monoisotopic (exact) mass is 911 g/mol. The molecule has 3 heterocycles. The molecule has 19 nitrogen and oxygen atoms in total. The van der Waals surface area contributed by atoms with E-state index in [1.54, 1.807) is 50.2 Å². The number of benzene rings is 2. The van der Waals surface area contributed by atoms with Crippen LogP contribution < -0.4 is 52.8 Å². The molecule has 1 saturated heterocycles. The van der Waals surface area contributed by atoms with E-state index in [-0.39, 0.29) is 63.2 Å². The molecule has 2 aliphatic rings. The number of amides is 5. The third-order valence-electron chi connectivity index (χ3n) is 12.1. The van der Waals surface area contributed by atoms with Crippen LogP contribution in [0, 0.1) is 36.5 Å². The van der Waals surface area contributed by atoms with Crippen molar-refractivity contribution in [1.82, 2.24) is 36.1 Å². The summed E-state index contributed by atoms with van der Waals surface area (Å²) in [6.45, 7) is 13.7.